The second-order valence-electron chi connectivity index (χ2n) is 8.85. The molecule has 1 aromatic heterocycles. The van der Waals surface area contributed by atoms with Crippen molar-refractivity contribution in [1.29, 1.82) is 0 Å². The molecule has 0 aromatic carbocycles. The first-order chi connectivity index (χ1) is 12.7. The molecule has 0 bridgehead atoms. The largest absolute Gasteiger partial charge is 0.384 e. The summed E-state index contributed by atoms with van der Waals surface area (Å²) < 4.78 is 5.10. The number of nitrogens with zero attached hydrogens (tertiary/aromatic N) is 4. The molecule has 3 fully saturated rings. The van der Waals surface area contributed by atoms with Gasteiger partial charge in [0, 0.05) is 57.7 Å². The maximum atomic E-state index is 5.10. The first kappa shape index (κ1) is 18.3. The first-order valence-corrected chi connectivity index (χ1v) is 10.5. The summed E-state index contributed by atoms with van der Waals surface area (Å²) in [5.74, 6) is 1.88. The van der Waals surface area contributed by atoms with Crippen LogP contribution in [-0.2, 0) is 17.7 Å². The van der Waals surface area contributed by atoms with Gasteiger partial charge in [0.15, 0.2) is 0 Å². The number of rotatable bonds is 7. The van der Waals surface area contributed by atoms with E-state index in [1.54, 1.807) is 7.11 Å². The van der Waals surface area contributed by atoms with Crippen LogP contribution in [0.3, 0.4) is 0 Å². The van der Waals surface area contributed by atoms with Crippen molar-refractivity contribution in [1.82, 2.24) is 19.8 Å². The third-order valence-electron chi connectivity index (χ3n) is 6.69. The van der Waals surface area contributed by atoms with E-state index in [9.17, 15) is 0 Å². The molecular formula is C21H34N4O. The minimum Gasteiger partial charge on any atom is -0.384 e. The lowest BCUT2D eigenvalue weighted by molar-refractivity contribution is 0.0668. The fraction of sp³-hybridized carbons (Fsp3) is 0.810. The smallest absolute Gasteiger partial charge is 0.130 e. The van der Waals surface area contributed by atoms with E-state index >= 15 is 0 Å². The lowest BCUT2D eigenvalue weighted by Gasteiger charge is -2.43. The van der Waals surface area contributed by atoms with Gasteiger partial charge in [0.05, 0.1) is 6.61 Å². The standard InChI is InChI=1S/C21H34N4O/c1-26-11-6-20-22-12-19(13-23-20)15-25-10-8-21(17-25)7-3-9-24(16-21)14-18-4-2-5-18/h12-13,18H,2-11,14-17H2,1H3. The summed E-state index contributed by atoms with van der Waals surface area (Å²) >= 11 is 0. The number of piperidine rings is 1. The van der Waals surface area contributed by atoms with Gasteiger partial charge in [0.25, 0.3) is 0 Å². The normalized spacial score (nSPS) is 27.9. The van der Waals surface area contributed by atoms with Gasteiger partial charge in [-0.2, -0.15) is 0 Å². The highest BCUT2D eigenvalue weighted by molar-refractivity contribution is 5.07. The Morgan fingerprint density at radius 1 is 1.08 bits per heavy atom. The van der Waals surface area contributed by atoms with E-state index in [2.05, 4.69) is 19.8 Å². The third-order valence-corrected chi connectivity index (χ3v) is 6.69. The maximum Gasteiger partial charge on any atom is 0.130 e. The quantitative estimate of drug-likeness (QED) is 0.750. The molecule has 0 amide bonds. The van der Waals surface area contributed by atoms with Crippen molar-refractivity contribution in [3.63, 3.8) is 0 Å². The number of methoxy groups -OCH3 is 1. The van der Waals surface area contributed by atoms with Gasteiger partial charge in [-0.05, 0) is 56.5 Å². The second kappa shape index (κ2) is 8.32. The molecule has 1 aromatic rings. The summed E-state index contributed by atoms with van der Waals surface area (Å²) in [6.07, 6.45) is 13.4. The van der Waals surface area contributed by atoms with Gasteiger partial charge in [-0.3, -0.25) is 4.90 Å². The van der Waals surface area contributed by atoms with Crippen LogP contribution in [-0.4, -0.2) is 66.2 Å². The van der Waals surface area contributed by atoms with Crippen molar-refractivity contribution in [3.8, 4) is 0 Å². The average molecular weight is 359 g/mol. The zero-order valence-electron chi connectivity index (χ0n) is 16.3. The number of likely N-dealkylation sites (tertiary alicyclic amines) is 2. The third kappa shape index (κ3) is 4.44. The summed E-state index contributed by atoms with van der Waals surface area (Å²) in [4.78, 5) is 14.4. The molecule has 0 N–H and O–H groups in total. The topological polar surface area (TPSA) is 41.5 Å². The molecule has 1 saturated carbocycles. The Labute approximate surface area is 158 Å². The lowest BCUT2D eigenvalue weighted by atomic mass is 9.78. The molecule has 3 heterocycles. The minimum absolute atomic E-state index is 0.543. The monoisotopic (exact) mass is 358 g/mol. The Morgan fingerprint density at radius 2 is 1.88 bits per heavy atom. The van der Waals surface area contributed by atoms with Crippen LogP contribution < -0.4 is 0 Å². The maximum absolute atomic E-state index is 5.10. The molecule has 1 spiro atoms. The van der Waals surface area contributed by atoms with E-state index in [4.69, 9.17) is 4.74 Å². The SMILES string of the molecule is COCCc1ncc(CN2CCC3(CCCN(CC4CCC4)C3)C2)cn1. The zero-order valence-corrected chi connectivity index (χ0v) is 16.3. The molecule has 2 aliphatic heterocycles. The van der Waals surface area contributed by atoms with Crippen molar-refractivity contribution < 1.29 is 4.74 Å². The molecule has 3 aliphatic rings. The van der Waals surface area contributed by atoms with Gasteiger partial charge in [-0.1, -0.05) is 6.42 Å². The predicted octanol–water partition coefficient (Wildman–Crippen LogP) is 2.75. The van der Waals surface area contributed by atoms with Crippen LogP contribution in [0.25, 0.3) is 0 Å². The van der Waals surface area contributed by atoms with Crippen molar-refractivity contribution in [3.05, 3.63) is 23.8 Å². The van der Waals surface area contributed by atoms with Crippen LogP contribution in [0.5, 0.6) is 0 Å². The van der Waals surface area contributed by atoms with Crippen molar-refractivity contribution >= 4 is 0 Å². The van der Waals surface area contributed by atoms with Crippen LogP contribution in [0.1, 0.15) is 49.9 Å². The minimum atomic E-state index is 0.543. The van der Waals surface area contributed by atoms with Crippen molar-refractivity contribution in [2.45, 2.75) is 51.5 Å². The summed E-state index contributed by atoms with van der Waals surface area (Å²) in [7, 11) is 1.72. The number of hydrogen-bond acceptors (Lipinski definition) is 5. The molecule has 0 radical (unpaired) electrons. The molecule has 1 unspecified atom stereocenters. The van der Waals surface area contributed by atoms with Gasteiger partial charge in [0.2, 0.25) is 0 Å². The Bertz CT molecular complexity index is 574. The molecule has 1 aliphatic carbocycles. The van der Waals surface area contributed by atoms with E-state index in [-0.39, 0.29) is 0 Å². The molecule has 5 heteroatoms. The van der Waals surface area contributed by atoms with Crippen LogP contribution >= 0.6 is 0 Å². The molecule has 4 rings (SSSR count). The number of aromatic nitrogens is 2. The molecule has 26 heavy (non-hydrogen) atoms. The fourth-order valence-electron chi connectivity index (χ4n) is 5.05. The van der Waals surface area contributed by atoms with Crippen LogP contribution in [0, 0.1) is 11.3 Å². The van der Waals surface area contributed by atoms with E-state index < -0.39 is 0 Å². The molecule has 5 nitrogen and oxygen atoms in total. The Balaban J connectivity index is 1.28. The van der Waals surface area contributed by atoms with E-state index in [1.807, 2.05) is 12.4 Å². The first-order valence-electron chi connectivity index (χ1n) is 10.5. The molecule has 1 atom stereocenters. The van der Waals surface area contributed by atoms with Crippen molar-refractivity contribution in [2.75, 3.05) is 46.4 Å². The average Bonchev–Trinajstić information content (AvgIpc) is 2.99. The number of hydrogen-bond donors (Lipinski definition) is 0. The van der Waals surface area contributed by atoms with Crippen LogP contribution in [0.15, 0.2) is 12.4 Å². The highest BCUT2D eigenvalue weighted by atomic mass is 16.5. The summed E-state index contributed by atoms with van der Waals surface area (Å²) in [5.41, 5.74) is 1.78. The summed E-state index contributed by atoms with van der Waals surface area (Å²) in [5, 5.41) is 0. The summed E-state index contributed by atoms with van der Waals surface area (Å²) in [6.45, 7) is 8.17. The molecule has 2 saturated heterocycles. The summed E-state index contributed by atoms with van der Waals surface area (Å²) in [6, 6.07) is 0. The van der Waals surface area contributed by atoms with E-state index in [0.29, 0.717) is 12.0 Å². The van der Waals surface area contributed by atoms with Gasteiger partial charge in [0.1, 0.15) is 5.82 Å². The van der Waals surface area contributed by atoms with Gasteiger partial charge < -0.3 is 9.64 Å². The zero-order chi connectivity index (χ0) is 17.8. The highest BCUT2D eigenvalue weighted by Gasteiger charge is 2.41. The lowest BCUT2D eigenvalue weighted by Crippen LogP contribution is -2.47. The second-order valence-corrected chi connectivity index (χ2v) is 8.85. The van der Waals surface area contributed by atoms with Gasteiger partial charge in [-0.15, -0.1) is 0 Å². The van der Waals surface area contributed by atoms with Crippen molar-refractivity contribution in [2.24, 2.45) is 11.3 Å². The predicted molar refractivity (Wildman–Crippen MR) is 103 cm³/mol. The van der Waals surface area contributed by atoms with Crippen LogP contribution in [0.2, 0.25) is 0 Å². The van der Waals surface area contributed by atoms with Gasteiger partial charge >= 0.3 is 0 Å². The fourth-order valence-corrected chi connectivity index (χ4v) is 5.05. The molecular weight excluding hydrogens is 324 g/mol. The van der Waals surface area contributed by atoms with Crippen LogP contribution in [0.4, 0.5) is 0 Å². The molecule has 144 valence electrons. The Hall–Kier alpha value is -1.04. The highest BCUT2D eigenvalue weighted by Crippen LogP contribution is 2.40. The Kier molecular flexibility index (Phi) is 5.87. The van der Waals surface area contributed by atoms with E-state index in [0.717, 1.165) is 24.7 Å². The number of ether oxygens (including phenoxy) is 1. The van der Waals surface area contributed by atoms with Gasteiger partial charge in [-0.25, -0.2) is 9.97 Å². The van der Waals surface area contributed by atoms with E-state index in [1.165, 1.54) is 76.8 Å². The Morgan fingerprint density at radius 3 is 2.62 bits per heavy atom.